The van der Waals surface area contributed by atoms with Crippen molar-refractivity contribution in [3.63, 3.8) is 0 Å². The number of carbonyl (C=O) groups excluding carboxylic acids is 4. The average molecular weight is 558 g/mol. The summed E-state index contributed by atoms with van der Waals surface area (Å²) in [6.07, 6.45) is -1.48. The number of ether oxygens (including phenoxy) is 3. The summed E-state index contributed by atoms with van der Waals surface area (Å²) in [4.78, 5) is 64.8. The number of amides is 3. The van der Waals surface area contributed by atoms with Crippen LogP contribution in [-0.2, 0) is 23.9 Å². The van der Waals surface area contributed by atoms with Gasteiger partial charge in [-0.1, -0.05) is 18.2 Å². The lowest BCUT2D eigenvalue weighted by atomic mass is 10.1. The fourth-order valence-electron chi connectivity index (χ4n) is 4.35. The van der Waals surface area contributed by atoms with E-state index >= 15 is 0 Å². The zero-order valence-corrected chi connectivity index (χ0v) is 22.0. The maximum atomic E-state index is 13.3. The van der Waals surface area contributed by atoms with Crippen molar-refractivity contribution < 1.29 is 43.3 Å². The Morgan fingerprint density at radius 3 is 2.45 bits per heavy atom. The van der Waals surface area contributed by atoms with Crippen LogP contribution in [0.3, 0.4) is 0 Å². The molecule has 2 N–H and O–H groups in total. The Morgan fingerprint density at radius 1 is 1.12 bits per heavy atom. The van der Waals surface area contributed by atoms with Crippen LogP contribution in [-0.4, -0.2) is 106 Å². The number of carbonyl (C=O) groups is 5. The fraction of sp³-hybridized carbons (Fsp3) is 0.462. The number of hydrogen-bond donors (Lipinski definition) is 2. The average Bonchev–Trinajstić information content (AvgIpc) is 3.57. The normalized spacial score (nSPS) is 17.6. The zero-order valence-electron chi connectivity index (χ0n) is 22.0. The maximum absolute atomic E-state index is 13.3. The quantitative estimate of drug-likeness (QED) is 0.399. The van der Waals surface area contributed by atoms with E-state index in [-0.39, 0.29) is 63.8 Å². The van der Waals surface area contributed by atoms with Gasteiger partial charge in [-0.25, -0.2) is 14.3 Å². The van der Waals surface area contributed by atoms with Crippen molar-refractivity contribution in [1.82, 2.24) is 24.9 Å². The van der Waals surface area contributed by atoms with Crippen LogP contribution in [0.5, 0.6) is 5.88 Å². The van der Waals surface area contributed by atoms with E-state index in [9.17, 15) is 29.1 Å². The Morgan fingerprint density at radius 2 is 1.82 bits per heavy atom. The van der Waals surface area contributed by atoms with Gasteiger partial charge in [0.2, 0.25) is 17.9 Å². The first-order valence-electron chi connectivity index (χ1n) is 13.0. The molecule has 3 heterocycles. The number of esters is 1. The SMILES string of the molecule is CCOC(=O)N1CCN(C(=O)[C@H](CCC(=O)O)NC(=O)c2cc(OC3CCOC3=O)n(-c3ccccc3)n2)CC1. The van der Waals surface area contributed by atoms with Gasteiger partial charge in [0.1, 0.15) is 6.04 Å². The molecule has 1 aromatic heterocycles. The van der Waals surface area contributed by atoms with E-state index < -0.39 is 42.0 Å². The largest absolute Gasteiger partial charge is 0.481 e. The Labute approximate surface area is 229 Å². The van der Waals surface area contributed by atoms with Crippen molar-refractivity contribution in [2.45, 2.75) is 38.3 Å². The van der Waals surface area contributed by atoms with Crippen LogP contribution >= 0.6 is 0 Å². The standard InChI is InChI=1S/C26H31N5O9/c1-2-38-26(37)30-13-11-29(12-14-30)24(35)18(8-9-22(32)33)27-23(34)19-16-21(40-20-10-15-39-25(20)36)31(28-19)17-6-4-3-5-7-17/h3-7,16,18,20H,2,8-15H2,1H3,(H,27,34)(H,32,33)/t18-,20?/m0/s1. The van der Waals surface area contributed by atoms with Crippen molar-refractivity contribution >= 4 is 29.8 Å². The van der Waals surface area contributed by atoms with E-state index in [0.717, 1.165) is 0 Å². The summed E-state index contributed by atoms with van der Waals surface area (Å²) in [7, 11) is 0. The Balaban J connectivity index is 1.50. The first kappa shape index (κ1) is 28.4. The molecular formula is C26H31N5O9. The molecule has 14 nitrogen and oxygen atoms in total. The van der Waals surface area contributed by atoms with Gasteiger partial charge in [-0.3, -0.25) is 14.4 Å². The summed E-state index contributed by atoms with van der Waals surface area (Å²) in [5, 5.41) is 16.2. The second kappa shape index (κ2) is 13.0. The molecule has 2 aromatic rings. The van der Waals surface area contributed by atoms with Crippen molar-refractivity contribution in [2.24, 2.45) is 0 Å². The van der Waals surface area contributed by atoms with Crippen molar-refractivity contribution in [3.05, 3.63) is 42.1 Å². The molecule has 214 valence electrons. The summed E-state index contributed by atoms with van der Waals surface area (Å²) in [6, 6.07) is 9.03. The molecule has 2 saturated heterocycles. The number of carboxylic acid groups (broad SMARTS) is 1. The molecule has 0 radical (unpaired) electrons. The number of carboxylic acids is 1. The molecule has 1 unspecified atom stereocenters. The van der Waals surface area contributed by atoms with Crippen LogP contribution in [0.25, 0.3) is 5.69 Å². The number of para-hydroxylation sites is 1. The zero-order chi connectivity index (χ0) is 28.6. The number of aliphatic carboxylic acids is 1. The molecule has 2 atom stereocenters. The van der Waals surface area contributed by atoms with E-state index in [0.29, 0.717) is 12.1 Å². The maximum Gasteiger partial charge on any atom is 0.409 e. The minimum absolute atomic E-state index is 0.0922. The smallest absolute Gasteiger partial charge is 0.409 e. The topological polar surface area (TPSA) is 170 Å². The third kappa shape index (κ3) is 6.87. The second-order valence-electron chi connectivity index (χ2n) is 9.15. The molecule has 4 rings (SSSR count). The number of piperazine rings is 1. The lowest BCUT2D eigenvalue weighted by molar-refractivity contribution is -0.143. The summed E-state index contributed by atoms with van der Waals surface area (Å²) in [5.41, 5.74) is 0.478. The van der Waals surface area contributed by atoms with Crippen LogP contribution in [0.1, 0.15) is 36.7 Å². The van der Waals surface area contributed by atoms with Gasteiger partial charge < -0.3 is 34.4 Å². The van der Waals surface area contributed by atoms with Gasteiger partial charge in [0.05, 0.1) is 18.9 Å². The van der Waals surface area contributed by atoms with Gasteiger partial charge in [0.25, 0.3) is 5.91 Å². The predicted octanol–water partition coefficient (Wildman–Crippen LogP) is 0.831. The monoisotopic (exact) mass is 557 g/mol. The van der Waals surface area contributed by atoms with E-state index in [4.69, 9.17) is 14.2 Å². The molecule has 2 aliphatic heterocycles. The first-order valence-corrected chi connectivity index (χ1v) is 13.0. The molecule has 40 heavy (non-hydrogen) atoms. The van der Waals surface area contributed by atoms with Crippen LogP contribution in [0.15, 0.2) is 36.4 Å². The van der Waals surface area contributed by atoms with E-state index in [1.807, 2.05) is 0 Å². The number of benzene rings is 1. The molecule has 2 aliphatic rings. The number of nitrogens with zero attached hydrogens (tertiary/aromatic N) is 4. The number of hydrogen-bond acceptors (Lipinski definition) is 9. The molecule has 0 spiro atoms. The number of rotatable bonds is 10. The molecule has 3 amide bonds. The second-order valence-corrected chi connectivity index (χ2v) is 9.15. The summed E-state index contributed by atoms with van der Waals surface area (Å²) in [5.74, 6) is -2.70. The molecule has 1 aromatic carbocycles. The van der Waals surface area contributed by atoms with E-state index in [1.54, 1.807) is 37.3 Å². The summed E-state index contributed by atoms with van der Waals surface area (Å²) < 4.78 is 17.2. The van der Waals surface area contributed by atoms with Gasteiger partial charge in [0, 0.05) is 45.1 Å². The summed E-state index contributed by atoms with van der Waals surface area (Å²) in [6.45, 7) is 3.06. The molecule has 14 heteroatoms. The van der Waals surface area contributed by atoms with Gasteiger partial charge >= 0.3 is 18.0 Å². The predicted molar refractivity (Wildman–Crippen MR) is 137 cm³/mol. The van der Waals surface area contributed by atoms with Crippen LogP contribution in [0, 0.1) is 0 Å². The highest BCUT2D eigenvalue weighted by atomic mass is 16.6. The van der Waals surface area contributed by atoms with Crippen molar-refractivity contribution in [2.75, 3.05) is 39.4 Å². The van der Waals surface area contributed by atoms with Gasteiger partial charge in [-0.2, -0.15) is 5.10 Å². The highest BCUT2D eigenvalue weighted by molar-refractivity contribution is 5.96. The minimum Gasteiger partial charge on any atom is -0.481 e. The van der Waals surface area contributed by atoms with Gasteiger partial charge in [-0.15, -0.1) is 0 Å². The Bertz CT molecular complexity index is 1240. The molecule has 0 bridgehead atoms. The third-order valence-electron chi connectivity index (χ3n) is 6.43. The Kier molecular flexibility index (Phi) is 9.19. The van der Waals surface area contributed by atoms with Crippen molar-refractivity contribution in [1.29, 1.82) is 0 Å². The third-order valence-corrected chi connectivity index (χ3v) is 6.43. The molecule has 0 saturated carbocycles. The molecule has 2 fully saturated rings. The van der Waals surface area contributed by atoms with Crippen molar-refractivity contribution in [3.8, 4) is 11.6 Å². The number of cyclic esters (lactones) is 1. The molecular weight excluding hydrogens is 526 g/mol. The van der Waals surface area contributed by atoms with E-state index in [1.165, 1.54) is 20.5 Å². The minimum atomic E-state index is -1.14. The highest BCUT2D eigenvalue weighted by Crippen LogP contribution is 2.23. The highest BCUT2D eigenvalue weighted by Gasteiger charge is 2.33. The van der Waals surface area contributed by atoms with Crippen LogP contribution in [0.4, 0.5) is 4.79 Å². The molecule has 0 aliphatic carbocycles. The lowest BCUT2D eigenvalue weighted by Gasteiger charge is -2.35. The lowest BCUT2D eigenvalue weighted by Crippen LogP contribution is -2.56. The first-order chi connectivity index (χ1) is 19.3. The number of aromatic nitrogens is 2. The fourth-order valence-corrected chi connectivity index (χ4v) is 4.35. The van der Waals surface area contributed by atoms with Crippen LogP contribution < -0.4 is 10.1 Å². The van der Waals surface area contributed by atoms with Gasteiger partial charge in [0.15, 0.2) is 5.69 Å². The Hall–Kier alpha value is -4.62. The van der Waals surface area contributed by atoms with Crippen LogP contribution in [0.2, 0.25) is 0 Å². The summed E-state index contributed by atoms with van der Waals surface area (Å²) >= 11 is 0. The van der Waals surface area contributed by atoms with Gasteiger partial charge in [-0.05, 0) is 25.5 Å². The number of nitrogens with one attached hydrogen (secondary N) is 1. The van der Waals surface area contributed by atoms with E-state index in [2.05, 4.69) is 10.4 Å².